The minimum absolute atomic E-state index is 0.157. The molecule has 0 bridgehead atoms. The largest absolute Gasteiger partial charge is 0.392 e. The zero-order chi connectivity index (χ0) is 10.1. The Bertz CT molecular complexity index is 335. The average molecular weight is 211 g/mol. The molecule has 0 spiro atoms. The lowest BCUT2D eigenvalue weighted by atomic mass is 9.94. The van der Waals surface area contributed by atoms with Crippen LogP contribution in [0.25, 0.3) is 0 Å². The van der Waals surface area contributed by atoms with Gasteiger partial charge in [0.25, 0.3) is 0 Å². The van der Waals surface area contributed by atoms with E-state index in [2.05, 4.69) is 6.07 Å². The number of halogens is 1. The first kappa shape index (κ1) is 10.0. The van der Waals surface area contributed by atoms with Crippen molar-refractivity contribution in [3.63, 3.8) is 0 Å². The Labute approximate surface area is 89.7 Å². The molecule has 1 aromatic carbocycles. The molecular weight excluding hydrogens is 196 g/mol. The zero-order valence-electron chi connectivity index (χ0n) is 8.33. The first-order valence-electron chi connectivity index (χ1n) is 5.12. The van der Waals surface area contributed by atoms with Gasteiger partial charge in [0.2, 0.25) is 0 Å². The molecule has 2 atom stereocenters. The summed E-state index contributed by atoms with van der Waals surface area (Å²) >= 11 is 5.96. The molecule has 0 heterocycles. The van der Waals surface area contributed by atoms with E-state index in [4.69, 9.17) is 11.6 Å². The molecular formula is C12H15ClO. The third-order valence-corrected chi connectivity index (χ3v) is 3.51. The van der Waals surface area contributed by atoms with Crippen molar-refractivity contribution >= 4 is 11.6 Å². The molecule has 2 unspecified atom stereocenters. The van der Waals surface area contributed by atoms with Crippen LogP contribution in [-0.4, -0.2) is 11.2 Å². The van der Waals surface area contributed by atoms with Crippen molar-refractivity contribution in [2.24, 2.45) is 0 Å². The van der Waals surface area contributed by atoms with E-state index < -0.39 is 0 Å². The van der Waals surface area contributed by atoms with Gasteiger partial charge in [-0.2, -0.15) is 0 Å². The van der Waals surface area contributed by atoms with Gasteiger partial charge in [-0.05, 0) is 37.0 Å². The predicted octanol–water partition coefficient (Wildman–Crippen LogP) is 3.28. The molecule has 1 nitrogen and oxygen atoms in total. The monoisotopic (exact) mass is 210 g/mol. The van der Waals surface area contributed by atoms with Crippen LogP contribution in [0.15, 0.2) is 18.2 Å². The van der Waals surface area contributed by atoms with Crippen LogP contribution in [0.4, 0.5) is 0 Å². The molecule has 1 saturated carbocycles. The Morgan fingerprint density at radius 3 is 2.71 bits per heavy atom. The van der Waals surface area contributed by atoms with Crippen LogP contribution in [0.3, 0.4) is 0 Å². The smallest absolute Gasteiger partial charge is 0.0608 e. The molecule has 2 heteroatoms. The standard InChI is InChI=1S/C12H15ClO/c1-8-7-9(5-6-11(8)13)10-3-2-4-12(10)14/h5-7,10,12,14H,2-4H2,1H3. The molecule has 1 aliphatic rings. The summed E-state index contributed by atoms with van der Waals surface area (Å²) in [7, 11) is 0. The van der Waals surface area contributed by atoms with Crippen molar-refractivity contribution in [1.82, 2.24) is 0 Å². The molecule has 0 radical (unpaired) electrons. The maximum absolute atomic E-state index is 9.77. The Morgan fingerprint density at radius 1 is 1.36 bits per heavy atom. The van der Waals surface area contributed by atoms with Gasteiger partial charge in [-0.1, -0.05) is 30.2 Å². The van der Waals surface area contributed by atoms with E-state index in [-0.39, 0.29) is 6.10 Å². The minimum atomic E-state index is -0.157. The van der Waals surface area contributed by atoms with E-state index in [0.29, 0.717) is 5.92 Å². The molecule has 0 saturated heterocycles. The highest BCUT2D eigenvalue weighted by Gasteiger charge is 2.26. The van der Waals surface area contributed by atoms with Gasteiger partial charge in [0.15, 0.2) is 0 Å². The number of aliphatic hydroxyl groups is 1. The van der Waals surface area contributed by atoms with Crippen molar-refractivity contribution in [1.29, 1.82) is 0 Å². The fraction of sp³-hybridized carbons (Fsp3) is 0.500. The second-order valence-corrected chi connectivity index (χ2v) is 4.52. The third kappa shape index (κ3) is 1.79. The van der Waals surface area contributed by atoms with Gasteiger partial charge in [-0.3, -0.25) is 0 Å². The fourth-order valence-corrected chi connectivity index (χ4v) is 2.35. The molecule has 1 fully saturated rings. The van der Waals surface area contributed by atoms with Crippen molar-refractivity contribution < 1.29 is 5.11 Å². The topological polar surface area (TPSA) is 20.2 Å². The Balaban J connectivity index is 2.28. The quantitative estimate of drug-likeness (QED) is 0.755. The highest BCUT2D eigenvalue weighted by molar-refractivity contribution is 6.31. The summed E-state index contributed by atoms with van der Waals surface area (Å²) in [6.45, 7) is 2.01. The molecule has 0 amide bonds. The molecule has 2 rings (SSSR count). The van der Waals surface area contributed by atoms with Gasteiger partial charge >= 0.3 is 0 Å². The SMILES string of the molecule is Cc1cc(C2CCCC2O)ccc1Cl. The molecule has 1 N–H and O–H groups in total. The van der Waals surface area contributed by atoms with Crippen LogP contribution in [0.5, 0.6) is 0 Å². The van der Waals surface area contributed by atoms with Crippen molar-refractivity contribution in [2.45, 2.75) is 38.2 Å². The lowest BCUT2D eigenvalue weighted by Crippen LogP contribution is -2.10. The normalized spacial score (nSPS) is 26.8. The average Bonchev–Trinajstić information content (AvgIpc) is 2.57. The summed E-state index contributed by atoms with van der Waals surface area (Å²) in [5.41, 5.74) is 2.33. The summed E-state index contributed by atoms with van der Waals surface area (Å²) < 4.78 is 0. The van der Waals surface area contributed by atoms with Gasteiger partial charge in [0.1, 0.15) is 0 Å². The molecule has 14 heavy (non-hydrogen) atoms. The molecule has 0 aromatic heterocycles. The van der Waals surface area contributed by atoms with Crippen LogP contribution in [0.2, 0.25) is 5.02 Å². The van der Waals surface area contributed by atoms with E-state index in [0.717, 1.165) is 29.8 Å². The second kappa shape index (κ2) is 3.92. The minimum Gasteiger partial charge on any atom is -0.392 e. The second-order valence-electron chi connectivity index (χ2n) is 4.11. The lowest BCUT2D eigenvalue weighted by molar-refractivity contribution is 0.164. The van der Waals surface area contributed by atoms with Crippen molar-refractivity contribution in [3.05, 3.63) is 34.3 Å². The third-order valence-electron chi connectivity index (χ3n) is 3.09. The maximum Gasteiger partial charge on any atom is 0.0608 e. The van der Waals surface area contributed by atoms with Crippen LogP contribution in [0.1, 0.15) is 36.3 Å². The number of aryl methyl sites for hydroxylation is 1. The number of rotatable bonds is 1. The number of hydrogen-bond acceptors (Lipinski definition) is 1. The highest BCUT2D eigenvalue weighted by Crippen LogP contribution is 2.35. The zero-order valence-corrected chi connectivity index (χ0v) is 9.09. The van der Waals surface area contributed by atoms with Crippen LogP contribution in [0, 0.1) is 6.92 Å². The summed E-state index contributed by atoms with van der Waals surface area (Å²) in [4.78, 5) is 0. The molecule has 0 aliphatic heterocycles. The lowest BCUT2D eigenvalue weighted by Gasteiger charge is -2.15. The molecule has 1 aliphatic carbocycles. The van der Waals surface area contributed by atoms with E-state index in [9.17, 15) is 5.11 Å². The van der Waals surface area contributed by atoms with E-state index in [1.54, 1.807) is 0 Å². The van der Waals surface area contributed by atoms with Crippen LogP contribution >= 0.6 is 11.6 Å². The van der Waals surface area contributed by atoms with E-state index >= 15 is 0 Å². The van der Waals surface area contributed by atoms with E-state index in [1.807, 2.05) is 19.1 Å². The summed E-state index contributed by atoms with van der Waals surface area (Å²) in [6, 6.07) is 6.06. The Kier molecular flexibility index (Phi) is 2.80. The van der Waals surface area contributed by atoms with Gasteiger partial charge in [-0.15, -0.1) is 0 Å². The predicted molar refractivity (Wildman–Crippen MR) is 58.8 cm³/mol. The number of benzene rings is 1. The maximum atomic E-state index is 9.77. The fourth-order valence-electron chi connectivity index (χ4n) is 2.23. The Hall–Kier alpha value is -0.530. The van der Waals surface area contributed by atoms with Gasteiger partial charge in [0.05, 0.1) is 6.10 Å². The summed E-state index contributed by atoms with van der Waals surface area (Å²) in [5, 5.41) is 10.6. The van der Waals surface area contributed by atoms with Crippen molar-refractivity contribution in [3.8, 4) is 0 Å². The first-order chi connectivity index (χ1) is 6.68. The number of hydrogen-bond donors (Lipinski definition) is 1. The van der Waals surface area contributed by atoms with Crippen molar-refractivity contribution in [2.75, 3.05) is 0 Å². The Morgan fingerprint density at radius 2 is 2.14 bits per heavy atom. The van der Waals surface area contributed by atoms with Gasteiger partial charge in [-0.25, -0.2) is 0 Å². The number of aliphatic hydroxyl groups excluding tert-OH is 1. The highest BCUT2D eigenvalue weighted by atomic mass is 35.5. The van der Waals surface area contributed by atoms with E-state index in [1.165, 1.54) is 5.56 Å². The first-order valence-corrected chi connectivity index (χ1v) is 5.50. The van der Waals surface area contributed by atoms with Crippen LogP contribution < -0.4 is 0 Å². The van der Waals surface area contributed by atoms with Gasteiger partial charge < -0.3 is 5.11 Å². The summed E-state index contributed by atoms with van der Waals surface area (Å²) in [5.74, 6) is 0.325. The van der Waals surface area contributed by atoms with Crippen LogP contribution in [-0.2, 0) is 0 Å². The molecule has 76 valence electrons. The molecule has 1 aromatic rings. The summed E-state index contributed by atoms with van der Waals surface area (Å²) in [6.07, 6.45) is 3.01. The van der Waals surface area contributed by atoms with Gasteiger partial charge in [0, 0.05) is 10.9 Å².